The molecule has 0 unspecified atom stereocenters. The lowest BCUT2D eigenvalue weighted by Gasteiger charge is -2.24. The molecule has 0 heterocycles. The third-order valence-electron chi connectivity index (χ3n) is 2.15. The van der Waals surface area contributed by atoms with Crippen molar-refractivity contribution < 1.29 is 19.1 Å². The highest BCUT2D eigenvalue weighted by Crippen LogP contribution is 2.17. The zero-order chi connectivity index (χ0) is 13.5. The Balaban J connectivity index is 3.95. The first-order valence-electron chi connectivity index (χ1n) is 6.10. The molecule has 0 spiro atoms. The molecule has 0 aliphatic heterocycles. The first kappa shape index (κ1) is 15.9. The molecule has 0 aromatic carbocycles. The van der Waals surface area contributed by atoms with Gasteiger partial charge in [0, 0.05) is 11.8 Å². The molecule has 4 nitrogen and oxygen atoms in total. The average molecular weight is 244 g/mol. The standard InChI is InChI=1S/C13H24O4/c1-6-7-11(14)16-8-13(4,5)9-17-12(15)10(2)3/h10H,6-9H2,1-5H3. The number of hydrogen-bond donors (Lipinski definition) is 0. The Morgan fingerprint density at radius 2 is 1.65 bits per heavy atom. The lowest BCUT2D eigenvalue weighted by molar-refractivity contribution is -0.154. The Morgan fingerprint density at radius 3 is 2.12 bits per heavy atom. The lowest BCUT2D eigenvalue weighted by Crippen LogP contribution is -2.29. The lowest BCUT2D eigenvalue weighted by atomic mass is 9.96. The van der Waals surface area contributed by atoms with Gasteiger partial charge < -0.3 is 9.47 Å². The minimum atomic E-state index is -0.339. The van der Waals surface area contributed by atoms with Crippen LogP contribution in [-0.4, -0.2) is 25.2 Å². The summed E-state index contributed by atoms with van der Waals surface area (Å²) in [5.74, 6) is -0.554. The molecule has 0 aliphatic rings. The first-order valence-corrected chi connectivity index (χ1v) is 6.10. The van der Waals surface area contributed by atoms with E-state index in [0.29, 0.717) is 6.42 Å². The Bertz CT molecular complexity index is 256. The molecular weight excluding hydrogens is 220 g/mol. The highest BCUT2D eigenvalue weighted by atomic mass is 16.5. The van der Waals surface area contributed by atoms with Crippen molar-refractivity contribution in [3.05, 3.63) is 0 Å². The van der Waals surface area contributed by atoms with Crippen molar-refractivity contribution in [2.75, 3.05) is 13.2 Å². The molecule has 4 heteroatoms. The van der Waals surface area contributed by atoms with E-state index in [-0.39, 0.29) is 36.5 Å². The highest BCUT2D eigenvalue weighted by molar-refractivity contribution is 5.71. The molecule has 0 N–H and O–H groups in total. The maximum Gasteiger partial charge on any atom is 0.308 e. The Hall–Kier alpha value is -1.06. The van der Waals surface area contributed by atoms with Crippen molar-refractivity contribution in [1.82, 2.24) is 0 Å². The third kappa shape index (κ3) is 7.77. The number of carbonyl (C=O) groups excluding carboxylic acids is 2. The summed E-state index contributed by atoms with van der Waals surface area (Å²) < 4.78 is 10.2. The fourth-order valence-corrected chi connectivity index (χ4v) is 1.03. The SMILES string of the molecule is CCCC(=O)OCC(C)(C)COC(=O)C(C)C. The van der Waals surface area contributed by atoms with Crippen LogP contribution in [0.15, 0.2) is 0 Å². The van der Waals surface area contributed by atoms with Crippen LogP contribution in [0.1, 0.15) is 47.5 Å². The highest BCUT2D eigenvalue weighted by Gasteiger charge is 2.23. The molecule has 0 saturated heterocycles. The van der Waals surface area contributed by atoms with Gasteiger partial charge in [-0.1, -0.05) is 34.6 Å². The van der Waals surface area contributed by atoms with Crippen molar-refractivity contribution in [3.63, 3.8) is 0 Å². The average Bonchev–Trinajstić information content (AvgIpc) is 2.24. The number of ether oxygens (including phenoxy) is 2. The maximum atomic E-state index is 11.3. The summed E-state index contributed by atoms with van der Waals surface area (Å²) in [7, 11) is 0. The number of carbonyl (C=O) groups is 2. The smallest absolute Gasteiger partial charge is 0.308 e. The fourth-order valence-electron chi connectivity index (χ4n) is 1.03. The molecule has 0 rings (SSSR count). The van der Waals surface area contributed by atoms with Crippen molar-refractivity contribution in [2.24, 2.45) is 11.3 Å². The minimum Gasteiger partial charge on any atom is -0.465 e. The van der Waals surface area contributed by atoms with Gasteiger partial charge >= 0.3 is 11.9 Å². The Labute approximate surface area is 104 Å². The van der Waals surface area contributed by atoms with Crippen molar-refractivity contribution in [3.8, 4) is 0 Å². The Kier molecular flexibility index (Phi) is 6.85. The van der Waals surface area contributed by atoms with Crippen molar-refractivity contribution in [2.45, 2.75) is 47.5 Å². The van der Waals surface area contributed by atoms with E-state index in [9.17, 15) is 9.59 Å². The van der Waals surface area contributed by atoms with Crippen LogP contribution in [0.4, 0.5) is 0 Å². The molecule has 0 saturated carbocycles. The summed E-state index contributed by atoms with van der Waals surface area (Å²) in [6.45, 7) is 9.85. The van der Waals surface area contributed by atoms with Crippen molar-refractivity contribution >= 4 is 11.9 Å². The van der Waals surface area contributed by atoms with Crippen LogP contribution in [0.5, 0.6) is 0 Å². The molecule has 0 bridgehead atoms. The van der Waals surface area contributed by atoms with Crippen molar-refractivity contribution in [1.29, 1.82) is 0 Å². The fraction of sp³-hybridized carbons (Fsp3) is 0.846. The predicted octanol–water partition coefficient (Wildman–Crippen LogP) is 2.56. The molecule has 0 amide bonds. The van der Waals surface area contributed by atoms with E-state index in [2.05, 4.69) is 0 Å². The number of rotatable bonds is 7. The quantitative estimate of drug-likeness (QED) is 0.646. The van der Waals surface area contributed by atoms with Gasteiger partial charge in [-0.15, -0.1) is 0 Å². The summed E-state index contributed by atoms with van der Waals surface area (Å²) in [6, 6.07) is 0. The van der Waals surface area contributed by atoms with Crippen LogP contribution < -0.4 is 0 Å². The van der Waals surface area contributed by atoms with Crippen LogP contribution in [0.2, 0.25) is 0 Å². The van der Waals surface area contributed by atoms with Crippen LogP contribution in [0.25, 0.3) is 0 Å². The summed E-state index contributed by atoms with van der Waals surface area (Å²) in [6.07, 6.45) is 1.21. The van der Waals surface area contributed by atoms with Gasteiger partial charge in [0.15, 0.2) is 0 Å². The minimum absolute atomic E-state index is 0.131. The van der Waals surface area contributed by atoms with E-state index in [1.165, 1.54) is 0 Å². The zero-order valence-electron chi connectivity index (χ0n) is 11.5. The molecule has 100 valence electrons. The second-order valence-electron chi connectivity index (χ2n) is 5.34. The van der Waals surface area contributed by atoms with Crippen LogP contribution in [0.3, 0.4) is 0 Å². The maximum absolute atomic E-state index is 11.3. The van der Waals surface area contributed by atoms with Crippen LogP contribution in [0, 0.1) is 11.3 Å². The summed E-state index contributed by atoms with van der Waals surface area (Å²) in [5, 5.41) is 0. The summed E-state index contributed by atoms with van der Waals surface area (Å²) >= 11 is 0. The predicted molar refractivity (Wildman–Crippen MR) is 65.4 cm³/mol. The van der Waals surface area contributed by atoms with E-state index in [1.54, 1.807) is 13.8 Å². The van der Waals surface area contributed by atoms with Gasteiger partial charge in [-0.2, -0.15) is 0 Å². The van der Waals surface area contributed by atoms with E-state index >= 15 is 0 Å². The Morgan fingerprint density at radius 1 is 1.12 bits per heavy atom. The van der Waals surface area contributed by atoms with E-state index in [4.69, 9.17) is 9.47 Å². The van der Waals surface area contributed by atoms with Gasteiger partial charge in [0.05, 0.1) is 19.1 Å². The zero-order valence-corrected chi connectivity index (χ0v) is 11.5. The van der Waals surface area contributed by atoms with Gasteiger partial charge in [-0.3, -0.25) is 9.59 Å². The van der Waals surface area contributed by atoms with Gasteiger partial charge in [-0.25, -0.2) is 0 Å². The third-order valence-corrected chi connectivity index (χ3v) is 2.15. The van der Waals surface area contributed by atoms with Gasteiger partial charge in [0.25, 0.3) is 0 Å². The van der Waals surface area contributed by atoms with E-state index in [0.717, 1.165) is 6.42 Å². The number of hydrogen-bond acceptors (Lipinski definition) is 4. The molecule has 0 fully saturated rings. The molecule has 0 atom stereocenters. The van der Waals surface area contributed by atoms with Gasteiger partial charge in [0.2, 0.25) is 0 Å². The number of esters is 2. The first-order chi connectivity index (χ1) is 7.78. The van der Waals surface area contributed by atoms with E-state index < -0.39 is 0 Å². The molecule has 0 aliphatic carbocycles. The summed E-state index contributed by atoms with van der Waals surface area (Å²) in [4.78, 5) is 22.5. The molecule has 0 aromatic heterocycles. The molecule has 0 radical (unpaired) electrons. The van der Waals surface area contributed by atoms with E-state index in [1.807, 2.05) is 20.8 Å². The second kappa shape index (κ2) is 7.30. The van der Waals surface area contributed by atoms with Crippen LogP contribution >= 0.6 is 0 Å². The monoisotopic (exact) mass is 244 g/mol. The van der Waals surface area contributed by atoms with Gasteiger partial charge in [-0.05, 0) is 6.42 Å². The summed E-state index contributed by atoms with van der Waals surface area (Å²) in [5.41, 5.74) is -0.339. The van der Waals surface area contributed by atoms with Gasteiger partial charge in [0.1, 0.15) is 0 Å². The second-order valence-corrected chi connectivity index (χ2v) is 5.34. The van der Waals surface area contributed by atoms with Crippen LogP contribution in [-0.2, 0) is 19.1 Å². The topological polar surface area (TPSA) is 52.6 Å². The normalized spacial score (nSPS) is 11.4. The molecule has 17 heavy (non-hydrogen) atoms. The molecule has 0 aromatic rings. The molecular formula is C13H24O4. The largest absolute Gasteiger partial charge is 0.465 e.